The van der Waals surface area contributed by atoms with Gasteiger partial charge in [-0.1, -0.05) is 53.5 Å². The number of carbonyl (C=O) groups is 1. The molecule has 0 aliphatic rings. The zero-order valence-corrected chi connectivity index (χ0v) is 14.4. The fraction of sp³-hybridized carbons (Fsp3) is 0.0556. The summed E-state index contributed by atoms with van der Waals surface area (Å²) in [6.45, 7) is 0. The second-order valence-corrected chi connectivity index (χ2v) is 6.93. The van der Waals surface area contributed by atoms with Gasteiger partial charge in [0.1, 0.15) is 5.41 Å². The van der Waals surface area contributed by atoms with Crippen LogP contribution in [-0.4, -0.2) is 16.1 Å². The van der Waals surface area contributed by atoms with Crippen molar-refractivity contribution in [3.05, 3.63) is 81.2 Å². The van der Waals surface area contributed by atoms with E-state index in [0.717, 1.165) is 11.1 Å². The van der Waals surface area contributed by atoms with E-state index in [1.807, 2.05) is 24.3 Å². The number of hydrogen-bond acceptors (Lipinski definition) is 2. The fourth-order valence-corrected chi connectivity index (χ4v) is 2.76. The minimum atomic E-state index is -1.35. The molecule has 1 atom stereocenters. The highest BCUT2D eigenvalue weighted by Crippen LogP contribution is 2.12. The first-order chi connectivity index (χ1) is 11.0. The Morgan fingerprint density at radius 3 is 1.91 bits per heavy atom. The smallest absolute Gasteiger partial charge is 0.205 e. The molecule has 0 saturated heterocycles. The lowest BCUT2D eigenvalue weighted by Gasteiger charge is -2.02. The van der Waals surface area contributed by atoms with Crippen molar-refractivity contribution in [2.75, 3.05) is 5.75 Å². The Kier molecular flexibility index (Phi) is 6.93. The van der Waals surface area contributed by atoms with Gasteiger partial charge in [-0.05, 0) is 58.7 Å². The maximum Gasteiger partial charge on any atom is 0.205 e. The molecule has 2 nitrogen and oxygen atoms in total. The Balaban J connectivity index is 1.86. The molecule has 0 fully saturated rings. The highest BCUT2D eigenvalue weighted by Gasteiger charge is 2.07. The first-order valence-corrected chi connectivity index (χ1v) is 8.94. The van der Waals surface area contributed by atoms with Crippen LogP contribution in [0.2, 0.25) is 10.0 Å². The third-order valence-electron chi connectivity index (χ3n) is 2.90. The number of allylic oxidation sites excluding steroid dienone is 1. The van der Waals surface area contributed by atoms with Gasteiger partial charge >= 0.3 is 0 Å². The van der Waals surface area contributed by atoms with E-state index < -0.39 is 11.2 Å². The van der Waals surface area contributed by atoms with Gasteiger partial charge in [0, 0.05) is 10.0 Å². The van der Waals surface area contributed by atoms with Gasteiger partial charge in [-0.15, -0.1) is 0 Å². The van der Waals surface area contributed by atoms with E-state index in [2.05, 4.69) is 0 Å². The summed E-state index contributed by atoms with van der Waals surface area (Å²) in [6, 6.07) is 14.3. The molecule has 0 bridgehead atoms. The monoisotopic (exact) mass is 364 g/mol. The molecule has 0 saturated carbocycles. The van der Waals surface area contributed by atoms with E-state index in [-0.39, 0.29) is 11.5 Å². The Labute approximate surface area is 148 Å². The lowest BCUT2D eigenvalue weighted by molar-refractivity contribution is -0.112. The predicted octanol–water partition coefficient (Wildman–Crippen LogP) is 5.00. The topological polar surface area (TPSA) is 40.1 Å². The molecule has 0 amide bonds. The molecule has 2 aromatic carbocycles. The molecule has 0 aromatic heterocycles. The van der Waals surface area contributed by atoms with Gasteiger partial charge in [0.2, 0.25) is 5.78 Å². The normalized spacial score (nSPS) is 12.8. The van der Waals surface area contributed by atoms with Crippen LogP contribution in [-0.2, 0) is 16.0 Å². The second-order valence-electron chi connectivity index (χ2n) is 4.73. The lowest BCUT2D eigenvalue weighted by Crippen LogP contribution is -2.11. The first kappa shape index (κ1) is 17.8. The van der Waals surface area contributed by atoms with Crippen LogP contribution in [0.3, 0.4) is 0 Å². The van der Waals surface area contributed by atoms with Crippen LogP contribution in [0.15, 0.2) is 60.0 Å². The molecule has 0 heterocycles. The highest BCUT2D eigenvalue weighted by atomic mass is 35.5. The van der Waals surface area contributed by atoms with E-state index in [4.69, 9.17) is 23.2 Å². The van der Waals surface area contributed by atoms with E-state index in [1.165, 1.54) is 11.5 Å². The van der Waals surface area contributed by atoms with Crippen LogP contribution in [0.25, 0.3) is 12.2 Å². The van der Waals surface area contributed by atoms with Crippen molar-refractivity contribution in [1.29, 1.82) is 0 Å². The molecule has 1 unspecified atom stereocenters. The van der Waals surface area contributed by atoms with Crippen molar-refractivity contribution in [3.63, 3.8) is 0 Å². The van der Waals surface area contributed by atoms with Gasteiger partial charge in [0.25, 0.3) is 0 Å². The van der Waals surface area contributed by atoms with Crippen LogP contribution >= 0.6 is 23.2 Å². The molecule has 0 spiro atoms. The maximum atomic E-state index is 11.9. The summed E-state index contributed by atoms with van der Waals surface area (Å²) in [5, 5.41) is 2.80. The van der Waals surface area contributed by atoms with Gasteiger partial charge in [-0.2, -0.15) is 0 Å². The molecule has 23 heavy (non-hydrogen) atoms. The van der Waals surface area contributed by atoms with Crippen LogP contribution in [0.1, 0.15) is 11.1 Å². The summed E-state index contributed by atoms with van der Waals surface area (Å²) in [5.41, 5.74) is 1.75. The van der Waals surface area contributed by atoms with Crippen LogP contribution < -0.4 is 0 Å². The van der Waals surface area contributed by atoms with Crippen molar-refractivity contribution in [3.8, 4) is 0 Å². The van der Waals surface area contributed by atoms with E-state index in [1.54, 1.807) is 36.4 Å². The molecule has 2 aromatic rings. The SMILES string of the molecule is O=C(/C=C\c1ccc(Cl)cc1)C[S+]([O-])/C=C/c1ccc(Cl)cc1. The largest absolute Gasteiger partial charge is 0.612 e. The zero-order valence-electron chi connectivity index (χ0n) is 12.1. The Morgan fingerprint density at radius 2 is 1.39 bits per heavy atom. The molecular formula is C18H14Cl2O2S. The summed E-state index contributed by atoms with van der Waals surface area (Å²) in [7, 11) is 0. The van der Waals surface area contributed by atoms with Gasteiger partial charge < -0.3 is 4.55 Å². The van der Waals surface area contributed by atoms with Gasteiger partial charge in [-0.3, -0.25) is 4.79 Å². The minimum absolute atomic E-state index is 0.0474. The number of ketones is 1. The van der Waals surface area contributed by atoms with Gasteiger partial charge in [0.05, 0.1) is 0 Å². The molecule has 118 valence electrons. The average molecular weight is 365 g/mol. The zero-order chi connectivity index (χ0) is 16.7. The summed E-state index contributed by atoms with van der Waals surface area (Å²) in [5.74, 6) is -0.243. The van der Waals surface area contributed by atoms with Crippen molar-refractivity contribution < 1.29 is 9.35 Å². The van der Waals surface area contributed by atoms with Crippen LogP contribution in [0.5, 0.6) is 0 Å². The molecule has 2 rings (SSSR count). The summed E-state index contributed by atoms with van der Waals surface area (Å²) in [4.78, 5) is 11.8. The molecule has 0 aliphatic heterocycles. The first-order valence-electron chi connectivity index (χ1n) is 6.80. The third kappa shape index (κ3) is 6.63. The molecule has 5 heteroatoms. The van der Waals surface area contributed by atoms with Crippen molar-refractivity contribution in [2.45, 2.75) is 0 Å². The van der Waals surface area contributed by atoms with E-state index in [9.17, 15) is 9.35 Å². The molecule has 0 N–H and O–H groups in total. The van der Waals surface area contributed by atoms with Crippen LogP contribution in [0, 0.1) is 0 Å². The number of halogens is 2. The Hall–Kier alpha value is -1.52. The fourth-order valence-electron chi connectivity index (χ4n) is 1.73. The number of carbonyl (C=O) groups excluding carboxylic acids is 1. The lowest BCUT2D eigenvalue weighted by atomic mass is 10.2. The summed E-state index contributed by atoms with van der Waals surface area (Å²) in [6.07, 6.45) is 4.82. The molecule has 0 radical (unpaired) electrons. The number of hydrogen-bond donors (Lipinski definition) is 0. The van der Waals surface area contributed by atoms with Crippen molar-refractivity contribution >= 4 is 52.3 Å². The van der Waals surface area contributed by atoms with Gasteiger partial charge in [-0.25, -0.2) is 0 Å². The Bertz CT molecular complexity index is 707. The highest BCUT2D eigenvalue weighted by molar-refractivity contribution is 7.95. The van der Waals surface area contributed by atoms with Gasteiger partial charge in [0.15, 0.2) is 5.75 Å². The predicted molar refractivity (Wildman–Crippen MR) is 99.0 cm³/mol. The molecular weight excluding hydrogens is 351 g/mol. The minimum Gasteiger partial charge on any atom is -0.612 e. The second kappa shape index (κ2) is 8.94. The van der Waals surface area contributed by atoms with Crippen LogP contribution in [0.4, 0.5) is 0 Å². The van der Waals surface area contributed by atoms with Crippen molar-refractivity contribution in [2.24, 2.45) is 0 Å². The summed E-state index contributed by atoms with van der Waals surface area (Å²) >= 11 is 10.2. The average Bonchev–Trinajstić information content (AvgIpc) is 2.54. The van der Waals surface area contributed by atoms with E-state index >= 15 is 0 Å². The molecule has 0 aliphatic carbocycles. The Morgan fingerprint density at radius 1 is 0.913 bits per heavy atom. The summed E-state index contributed by atoms with van der Waals surface area (Å²) < 4.78 is 11.9. The quantitative estimate of drug-likeness (QED) is 0.534. The number of rotatable bonds is 6. The van der Waals surface area contributed by atoms with E-state index in [0.29, 0.717) is 10.0 Å². The maximum absolute atomic E-state index is 11.9. The third-order valence-corrected chi connectivity index (χ3v) is 4.41. The standard InChI is InChI=1S/C18H14Cl2O2S/c19-16-6-1-14(2-7-16)5-10-18(21)13-23(22)12-11-15-3-8-17(20)9-4-15/h1-12H,13H2/b10-5-,12-11+. The van der Waals surface area contributed by atoms with Crippen molar-refractivity contribution in [1.82, 2.24) is 0 Å². The number of benzene rings is 2.